The molecule has 0 unspecified atom stereocenters. The van der Waals surface area contributed by atoms with E-state index >= 15 is 0 Å². The lowest BCUT2D eigenvalue weighted by Crippen LogP contribution is -2.21. The van der Waals surface area contributed by atoms with E-state index in [2.05, 4.69) is 13.8 Å². The van der Waals surface area contributed by atoms with E-state index in [4.69, 9.17) is 4.65 Å². The van der Waals surface area contributed by atoms with Crippen LogP contribution in [0.1, 0.15) is 52.9 Å². The topological polar surface area (TPSA) is 26.3 Å². The maximum Gasteiger partial charge on any atom is 0.361 e. The van der Waals surface area contributed by atoms with Crippen molar-refractivity contribution in [3.63, 3.8) is 0 Å². The van der Waals surface area contributed by atoms with Gasteiger partial charge in [0.1, 0.15) is 0 Å². The molecule has 3 heteroatoms. The Morgan fingerprint density at radius 2 is 1.57 bits per heavy atom. The first-order valence-corrected chi connectivity index (χ1v) is 5.94. The van der Waals surface area contributed by atoms with Crippen LogP contribution in [0.4, 0.5) is 0 Å². The number of hydrogen-bond acceptors (Lipinski definition) is 2. The molecule has 2 nitrogen and oxygen atoms in total. The Labute approximate surface area is 88.5 Å². The van der Waals surface area contributed by atoms with Gasteiger partial charge in [0.15, 0.2) is 0 Å². The summed E-state index contributed by atoms with van der Waals surface area (Å²) in [5.41, 5.74) is 0. The summed E-state index contributed by atoms with van der Waals surface area (Å²) >= 11 is 0. The van der Waals surface area contributed by atoms with E-state index in [0.29, 0.717) is 6.42 Å². The lowest BCUT2D eigenvalue weighted by molar-refractivity contribution is -0.134. The SMILES string of the molecule is CCCCB(CCCC)OC(=O)CC. The molecule has 0 amide bonds. The minimum Gasteiger partial charge on any atom is -0.536 e. The molecule has 0 saturated carbocycles. The summed E-state index contributed by atoms with van der Waals surface area (Å²) in [6.07, 6.45) is 7.22. The van der Waals surface area contributed by atoms with E-state index in [9.17, 15) is 4.79 Å². The van der Waals surface area contributed by atoms with Crippen LogP contribution in [0, 0.1) is 0 Å². The van der Waals surface area contributed by atoms with Crippen LogP contribution >= 0.6 is 0 Å². The Bertz CT molecular complexity index is 140. The highest BCUT2D eigenvalue weighted by molar-refractivity contribution is 6.53. The van der Waals surface area contributed by atoms with Crippen LogP contribution in [-0.4, -0.2) is 12.9 Å². The van der Waals surface area contributed by atoms with Crippen LogP contribution < -0.4 is 0 Å². The normalized spacial score (nSPS) is 9.93. The molecule has 0 aliphatic carbocycles. The summed E-state index contributed by atoms with van der Waals surface area (Å²) in [7, 11) is 0. The third-order valence-electron chi connectivity index (χ3n) is 2.35. The van der Waals surface area contributed by atoms with Gasteiger partial charge in [0, 0.05) is 6.42 Å². The fourth-order valence-electron chi connectivity index (χ4n) is 1.40. The molecule has 0 aromatic rings. The van der Waals surface area contributed by atoms with E-state index in [1.165, 1.54) is 12.8 Å². The average molecular weight is 198 g/mol. The molecule has 14 heavy (non-hydrogen) atoms. The van der Waals surface area contributed by atoms with Crippen molar-refractivity contribution >= 4 is 12.9 Å². The zero-order chi connectivity index (χ0) is 10.8. The Kier molecular flexibility index (Phi) is 8.80. The summed E-state index contributed by atoms with van der Waals surface area (Å²) in [6.45, 7) is 6.35. The van der Waals surface area contributed by atoms with Gasteiger partial charge in [0.25, 0.3) is 5.97 Å². The first-order valence-electron chi connectivity index (χ1n) is 5.94. The second kappa shape index (κ2) is 9.10. The second-order valence-corrected chi connectivity index (χ2v) is 3.75. The molecule has 0 fully saturated rings. The van der Waals surface area contributed by atoms with Gasteiger partial charge in [-0.15, -0.1) is 0 Å². The van der Waals surface area contributed by atoms with Crippen molar-refractivity contribution in [1.82, 2.24) is 0 Å². The molecule has 0 radical (unpaired) electrons. The van der Waals surface area contributed by atoms with Crippen LogP contribution in [0.15, 0.2) is 0 Å². The largest absolute Gasteiger partial charge is 0.536 e. The first-order chi connectivity index (χ1) is 6.74. The van der Waals surface area contributed by atoms with Crippen molar-refractivity contribution < 1.29 is 9.45 Å². The third-order valence-corrected chi connectivity index (χ3v) is 2.35. The lowest BCUT2D eigenvalue weighted by Gasteiger charge is -2.13. The number of carbonyl (C=O) groups excluding carboxylic acids is 1. The Hall–Kier alpha value is -0.465. The molecule has 0 aromatic heterocycles. The van der Waals surface area contributed by atoms with Crippen molar-refractivity contribution in [3.05, 3.63) is 0 Å². The van der Waals surface area contributed by atoms with Gasteiger partial charge < -0.3 is 4.65 Å². The molecular formula is C11H23BO2. The molecule has 0 aromatic carbocycles. The van der Waals surface area contributed by atoms with Gasteiger partial charge in [-0.1, -0.05) is 46.5 Å². The Balaban J connectivity index is 3.77. The Morgan fingerprint density at radius 3 is 1.93 bits per heavy atom. The van der Waals surface area contributed by atoms with Crippen LogP contribution in [0.5, 0.6) is 0 Å². The first kappa shape index (κ1) is 13.5. The summed E-state index contributed by atoms with van der Waals surface area (Å²) in [4.78, 5) is 11.1. The fraction of sp³-hybridized carbons (Fsp3) is 0.909. The number of unbranched alkanes of at least 4 members (excludes halogenated alkanes) is 2. The van der Waals surface area contributed by atoms with Crippen molar-refractivity contribution in [1.29, 1.82) is 0 Å². The monoisotopic (exact) mass is 198 g/mol. The van der Waals surface area contributed by atoms with Gasteiger partial charge in [0.05, 0.1) is 0 Å². The summed E-state index contributed by atoms with van der Waals surface area (Å²) in [5.74, 6) is -0.0535. The summed E-state index contributed by atoms with van der Waals surface area (Å²) in [6, 6.07) is 0. The highest BCUT2D eigenvalue weighted by atomic mass is 16.5. The number of rotatable bonds is 8. The molecule has 0 spiro atoms. The molecular weight excluding hydrogens is 175 g/mol. The zero-order valence-electron chi connectivity index (χ0n) is 9.84. The van der Waals surface area contributed by atoms with Crippen LogP contribution in [0.25, 0.3) is 0 Å². The van der Waals surface area contributed by atoms with Gasteiger partial charge in [-0.25, -0.2) is 0 Å². The number of carbonyl (C=O) groups is 1. The molecule has 0 aliphatic heterocycles. The predicted octanol–water partition coefficient (Wildman–Crippen LogP) is 3.53. The smallest absolute Gasteiger partial charge is 0.361 e. The van der Waals surface area contributed by atoms with E-state index in [1.807, 2.05) is 6.92 Å². The third kappa shape index (κ3) is 6.99. The minimum atomic E-state index is -0.0535. The molecule has 0 rings (SSSR count). The summed E-state index contributed by atoms with van der Waals surface area (Å²) < 4.78 is 5.36. The van der Waals surface area contributed by atoms with Gasteiger partial charge in [-0.05, 0) is 12.6 Å². The van der Waals surface area contributed by atoms with Gasteiger partial charge in [0.2, 0.25) is 0 Å². The van der Waals surface area contributed by atoms with Gasteiger partial charge in [-0.2, -0.15) is 0 Å². The number of hydrogen-bond donors (Lipinski definition) is 0. The minimum absolute atomic E-state index is 0.0535. The second-order valence-electron chi connectivity index (χ2n) is 3.75. The maximum absolute atomic E-state index is 11.1. The van der Waals surface area contributed by atoms with Crippen LogP contribution in [0.2, 0.25) is 12.6 Å². The highest BCUT2D eigenvalue weighted by Gasteiger charge is 2.18. The molecule has 0 heterocycles. The molecule has 0 saturated heterocycles. The fourth-order valence-corrected chi connectivity index (χ4v) is 1.40. The van der Waals surface area contributed by atoms with E-state index in [0.717, 1.165) is 25.5 Å². The van der Waals surface area contributed by atoms with Crippen LogP contribution in [-0.2, 0) is 9.45 Å². The van der Waals surface area contributed by atoms with E-state index in [-0.39, 0.29) is 12.9 Å². The van der Waals surface area contributed by atoms with Crippen molar-refractivity contribution in [2.45, 2.75) is 65.5 Å². The zero-order valence-corrected chi connectivity index (χ0v) is 9.84. The van der Waals surface area contributed by atoms with Gasteiger partial charge in [-0.3, -0.25) is 4.79 Å². The van der Waals surface area contributed by atoms with E-state index < -0.39 is 0 Å². The molecule has 82 valence electrons. The van der Waals surface area contributed by atoms with Crippen LogP contribution in [0.3, 0.4) is 0 Å². The average Bonchev–Trinajstić information content (AvgIpc) is 2.21. The van der Waals surface area contributed by atoms with E-state index in [1.54, 1.807) is 0 Å². The Morgan fingerprint density at radius 1 is 1.07 bits per heavy atom. The lowest BCUT2D eigenvalue weighted by atomic mass is 9.59. The summed E-state index contributed by atoms with van der Waals surface area (Å²) in [5, 5.41) is 0. The molecule has 0 bridgehead atoms. The highest BCUT2D eigenvalue weighted by Crippen LogP contribution is 2.11. The quantitative estimate of drug-likeness (QED) is 0.557. The molecule has 0 N–H and O–H groups in total. The van der Waals surface area contributed by atoms with Crippen molar-refractivity contribution in [2.75, 3.05) is 0 Å². The van der Waals surface area contributed by atoms with Gasteiger partial charge >= 0.3 is 6.92 Å². The molecule has 0 aliphatic rings. The molecule has 0 atom stereocenters. The van der Waals surface area contributed by atoms with Crippen molar-refractivity contribution in [3.8, 4) is 0 Å². The predicted molar refractivity (Wildman–Crippen MR) is 61.6 cm³/mol. The maximum atomic E-state index is 11.1. The van der Waals surface area contributed by atoms with Crippen molar-refractivity contribution in [2.24, 2.45) is 0 Å². The standard InChI is InChI=1S/C11H23BO2/c1-4-7-9-12(10-8-5-2)14-11(13)6-3/h4-10H2,1-3H3.